The van der Waals surface area contributed by atoms with Gasteiger partial charge in [-0.15, -0.1) is 0 Å². The standard InChI is InChI=1S/C14H18O3/c1-2-6-13(15)9-14(16)11-17-10-12-7-4-3-5-8-12/h2-8,14,16H,9-11H2,1H3/b6-2+. The average Bonchev–Trinajstić information content (AvgIpc) is 2.30. The van der Waals surface area contributed by atoms with E-state index in [0.29, 0.717) is 6.61 Å². The number of carbonyl (C=O) groups excluding carboxylic acids is 1. The Morgan fingerprint density at radius 2 is 2.12 bits per heavy atom. The zero-order valence-electron chi connectivity index (χ0n) is 10.0. The minimum absolute atomic E-state index is 0.0803. The second-order valence-electron chi connectivity index (χ2n) is 3.82. The van der Waals surface area contributed by atoms with E-state index in [1.807, 2.05) is 30.3 Å². The van der Waals surface area contributed by atoms with Crippen molar-refractivity contribution in [3.05, 3.63) is 48.0 Å². The molecule has 3 nitrogen and oxygen atoms in total. The van der Waals surface area contributed by atoms with Gasteiger partial charge in [-0.2, -0.15) is 0 Å². The number of allylic oxidation sites excluding steroid dienone is 2. The van der Waals surface area contributed by atoms with Gasteiger partial charge >= 0.3 is 0 Å². The Kier molecular flexibility index (Phi) is 6.22. The van der Waals surface area contributed by atoms with Crippen molar-refractivity contribution in [3.63, 3.8) is 0 Å². The maximum absolute atomic E-state index is 11.2. The summed E-state index contributed by atoms with van der Waals surface area (Å²) in [4.78, 5) is 11.2. The van der Waals surface area contributed by atoms with Crippen molar-refractivity contribution in [1.82, 2.24) is 0 Å². The number of ether oxygens (including phenoxy) is 1. The number of hydrogen-bond acceptors (Lipinski definition) is 3. The predicted octanol–water partition coefficient (Wildman–Crippen LogP) is 2.10. The Bertz CT molecular complexity index is 357. The lowest BCUT2D eigenvalue weighted by molar-refractivity contribution is -0.117. The molecule has 0 bridgehead atoms. The second kappa shape index (κ2) is 7.76. The second-order valence-corrected chi connectivity index (χ2v) is 3.82. The Morgan fingerprint density at radius 3 is 2.76 bits per heavy atom. The summed E-state index contributed by atoms with van der Waals surface area (Å²) in [7, 11) is 0. The van der Waals surface area contributed by atoms with Crippen LogP contribution in [0.25, 0.3) is 0 Å². The van der Waals surface area contributed by atoms with Crippen molar-refractivity contribution < 1.29 is 14.6 Å². The van der Waals surface area contributed by atoms with Gasteiger partial charge in [0.2, 0.25) is 0 Å². The third-order valence-corrected chi connectivity index (χ3v) is 2.21. The fourth-order valence-electron chi connectivity index (χ4n) is 1.43. The number of benzene rings is 1. The topological polar surface area (TPSA) is 46.5 Å². The molecule has 1 N–H and O–H groups in total. The molecule has 0 radical (unpaired) electrons. The summed E-state index contributed by atoms with van der Waals surface area (Å²) >= 11 is 0. The number of aliphatic hydroxyl groups excluding tert-OH is 1. The van der Waals surface area contributed by atoms with Gasteiger partial charge in [-0.1, -0.05) is 36.4 Å². The maximum atomic E-state index is 11.2. The molecule has 0 saturated heterocycles. The molecular weight excluding hydrogens is 216 g/mol. The van der Waals surface area contributed by atoms with E-state index in [9.17, 15) is 9.90 Å². The van der Waals surface area contributed by atoms with Crippen molar-refractivity contribution in [2.24, 2.45) is 0 Å². The molecule has 1 aromatic carbocycles. The molecule has 3 heteroatoms. The normalized spacial score (nSPS) is 12.8. The summed E-state index contributed by atoms with van der Waals surface area (Å²) in [5, 5.41) is 9.54. The van der Waals surface area contributed by atoms with Gasteiger partial charge in [0.15, 0.2) is 5.78 Å². The van der Waals surface area contributed by atoms with Crippen LogP contribution in [0.15, 0.2) is 42.5 Å². The molecule has 92 valence electrons. The maximum Gasteiger partial charge on any atom is 0.158 e. The third-order valence-electron chi connectivity index (χ3n) is 2.21. The van der Waals surface area contributed by atoms with E-state index in [1.165, 1.54) is 6.08 Å². The molecule has 0 aliphatic rings. The molecule has 17 heavy (non-hydrogen) atoms. The number of aliphatic hydroxyl groups is 1. The lowest BCUT2D eigenvalue weighted by atomic mass is 10.2. The van der Waals surface area contributed by atoms with Gasteiger partial charge in [-0.05, 0) is 18.6 Å². The van der Waals surface area contributed by atoms with Gasteiger partial charge in [-0.25, -0.2) is 0 Å². The molecule has 0 heterocycles. The van der Waals surface area contributed by atoms with Crippen molar-refractivity contribution >= 4 is 5.78 Å². The van der Waals surface area contributed by atoms with Crippen LogP contribution in [-0.4, -0.2) is 23.6 Å². The van der Waals surface area contributed by atoms with Crippen molar-refractivity contribution in [1.29, 1.82) is 0 Å². The van der Waals surface area contributed by atoms with Gasteiger partial charge in [0, 0.05) is 6.42 Å². The first-order valence-electron chi connectivity index (χ1n) is 5.67. The first kappa shape index (κ1) is 13.6. The van der Waals surface area contributed by atoms with Gasteiger partial charge in [0.25, 0.3) is 0 Å². The Morgan fingerprint density at radius 1 is 1.41 bits per heavy atom. The lowest BCUT2D eigenvalue weighted by Crippen LogP contribution is -2.18. The van der Waals surface area contributed by atoms with Crippen LogP contribution in [0, 0.1) is 0 Å². The van der Waals surface area contributed by atoms with E-state index in [4.69, 9.17) is 4.74 Å². The highest BCUT2D eigenvalue weighted by atomic mass is 16.5. The van der Waals surface area contributed by atoms with E-state index >= 15 is 0 Å². The van der Waals surface area contributed by atoms with Gasteiger partial charge in [0.05, 0.1) is 19.3 Å². The monoisotopic (exact) mass is 234 g/mol. The highest BCUT2D eigenvalue weighted by Crippen LogP contribution is 2.02. The van der Waals surface area contributed by atoms with Crippen molar-refractivity contribution in [3.8, 4) is 0 Å². The molecule has 1 rings (SSSR count). The highest BCUT2D eigenvalue weighted by molar-refractivity contribution is 5.89. The number of carbonyl (C=O) groups is 1. The molecule has 0 aromatic heterocycles. The summed E-state index contributed by atoms with van der Waals surface area (Å²) < 4.78 is 5.33. The van der Waals surface area contributed by atoms with Crippen LogP contribution >= 0.6 is 0 Å². The van der Waals surface area contributed by atoms with Crippen LogP contribution < -0.4 is 0 Å². The molecule has 1 aromatic rings. The van der Waals surface area contributed by atoms with Crippen LogP contribution in [0.1, 0.15) is 18.9 Å². The number of ketones is 1. The van der Waals surface area contributed by atoms with E-state index in [1.54, 1.807) is 13.0 Å². The first-order valence-corrected chi connectivity index (χ1v) is 5.67. The van der Waals surface area contributed by atoms with Crippen molar-refractivity contribution in [2.45, 2.75) is 26.1 Å². The molecule has 0 aliphatic heterocycles. The van der Waals surface area contributed by atoms with Crippen LogP contribution in [0.5, 0.6) is 0 Å². The Hall–Kier alpha value is -1.45. The molecule has 0 amide bonds. The van der Waals surface area contributed by atoms with E-state index in [-0.39, 0.29) is 18.8 Å². The summed E-state index contributed by atoms with van der Waals surface area (Å²) in [5.74, 6) is -0.0803. The van der Waals surface area contributed by atoms with Crippen molar-refractivity contribution in [2.75, 3.05) is 6.61 Å². The average molecular weight is 234 g/mol. The zero-order valence-corrected chi connectivity index (χ0v) is 10.0. The first-order chi connectivity index (χ1) is 8.22. The van der Waals surface area contributed by atoms with Gasteiger partial charge in [-0.3, -0.25) is 4.79 Å². The van der Waals surface area contributed by atoms with Crippen LogP contribution in [0.2, 0.25) is 0 Å². The molecule has 0 aliphatic carbocycles. The van der Waals surface area contributed by atoms with E-state index < -0.39 is 6.10 Å². The summed E-state index contributed by atoms with van der Waals surface area (Å²) in [6.45, 7) is 2.41. The summed E-state index contributed by atoms with van der Waals surface area (Å²) in [6, 6.07) is 9.72. The molecule has 1 atom stereocenters. The third kappa shape index (κ3) is 6.00. The molecular formula is C14H18O3. The zero-order chi connectivity index (χ0) is 12.5. The van der Waals surface area contributed by atoms with Crippen LogP contribution in [0.4, 0.5) is 0 Å². The largest absolute Gasteiger partial charge is 0.390 e. The lowest BCUT2D eigenvalue weighted by Gasteiger charge is -2.09. The molecule has 0 saturated carbocycles. The predicted molar refractivity (Wildman–Crippen MR) is 66.5 cm³/mol. The minimum atomic E-state index is -0.734. The quantitative estimate of drug-likeness (QED) is 0.735. The SMILES string of the molecule is C/C=C/C(=O)CC(O)COCc1ccccc1. The highest BCUT2D eigenvalue weighted by Gasteiger charge is 2.08. The van der Waals surface area contributed by atoms with Crippen LogP contribution in [0.3, 0.4) is 0 Å². The summed E-state index contributed by atoms with van der Waals surface area (Å²) in [5.41, 5.74) is 1.06. The smallest absolute Gasteiger partial charge is 0.158 e. The van der Waals surface area contributed by atoms with E-state index in [2.05, 4.69) is 0 Å². The molecule has 1 unspecified atom stereocenters. The Labute approximate surface area is 102 Å². The van der Waals surface area contributed by atoms with Crippen LogP contribution in [-0.2, 0) is 16.1 Å². The van der Waals surface area contributed by atoms with Gasteiger partial charge in [0.1, 0.15) is 0 Å². The van der Waals surface area contributed by atoms with E-state index in [0.717, 1.165) is 5.56 Å². The summed E-state index contributed by atoms with van der Waals surface area (Å²) in [6.07, 6.45) is 2.50. The molecule has 0 spiro atoms. The number of hydrogen-bond donors (Lipinski definition) is 1. The fourth-order valence-corrected chi connectivity index (χ4v) is 1.43. The fraction of sp³-hybridized carbons (Fsp3) is 0.357. The molecule has 0 fully saturated rings. The minimum Gasteiger partial charge on any atom is -0.390 e. The van der Waals surface area contributed by atoms with Gasteiger partial charge < -0.3 is 9.84 Å². The number of rotatable bonds is 7. The Balaban J connectivity index is 2.20.